The van der Waals surface area contributed by atoms with E-state index in [-0.39, 0.29) is 0 Å². The van der Waals surface area contributed by atoms with E-state index in [4.69, 9.17) is 21.1 Å². The van der Waals surface area contributed by atoms with Crippen LogP contribution in [0.15, 0.2) is 12.1 Å². The molecule has 1 aromatic rings. The molecule has 1 aliphatic rings. The van der Waals surface area contributed by atoms with E-state index in [2.05, 4.69) is 19.2 Å². The second-order valence-corrected chi connectivity index (χ2v) is 5.36. The largest absolute Gasteiger partial charge is 0.486 e. The summed E-state index contributed by atoms with van der Waals surface area (Å²) in [5.74, 6) is 2.13. The van der Waals surface area contributed by atoms with Gasteiger partial charge in [-0.1, -0.05) is 25.4 Å². The van der Waals surface area contributed by atoms with E-state index < -0.39 is 0 Å². The van der Waals surface area contributed by atoms with Crippen LogP contribution in [0.2, 0.25) is 5.02 Å². The second kappa shape index (κ2) is 6.30. The molecule has 2 rings (SSSR count). The standard InChI is InChI=1S/C14H20ClNO2/c1-10(2)9-16-4-3-11-7-12(15)14-13(8-11)17-5-6-18-14/h7-8,10,16H,3-6,9H2,1-2H3. The van der Waals surface area contributed by atoms with Gasteiger partial charge in [-0.15, -0.1) is 0 Å². The Balaban J connectivity index is 1.95. The van der Waals surface area contributed by atoms with Gasteiger partial charge in [0.25, 0.3) is 0 Å². The summed E-state index contributed by atoms with van der Waals surface area (Å²) in [6.45, 7) is 7.56. The first-order valence-electron chi connectivity index (χ1n) is 6.45. The predicted octanol–water partition coefficient (Wildman–Crippen LogP) is 2.90. The van der Waals surface area contributed by atoms with E-state index in [0.717, 1.165) is 25.3 Å². The highest BCUT2D eigenvalue weighted by Gasteiger charge is 2.16. The van der Waals surface area contributed by atoms with Crippen molar-refractivity contribution >= 4 is 11.6 Å². The topological polar surface area (TPSA) is 30.5 Å². The molecule has 0 radical (unpaired) electrons. The summed E-state index contributed by atoms with van der Waals surface area (Å²) in [6, 6.07) is 3.99. The van der Waals surface area contributed by atoms with Crippen molar-refractivity contribution in [3.05, 3.63) is 22.7 Å². The summed E-state index contributed by atoms with van der Waals surface area (Å²) in [5.41, 5.74) is 1.18. The summed E-state index contributed by atoms with van der Waals surface area (Å²) in [6.07, 6.45) is 0.948. The summed E-state index contributed by atoms with van der Waals surface area (Å²) >= 11 is 6.19. The van der Waals surface area contributed by atoms with Gasteiger partial charge in [-0.05, 0) is 43.1 Å². The van der Waals surface area contributed by atoms with Crippen LogP contribution in [0.25, 0.3) is 0 Å². The molecule has 1 heterocycles. The van der Waals surface area contributed by atoms with Crippen LogP contribution in [0.4, 0.5) is 0 Å². The van der Waals surface area contributed by atoms with Crippen molar-refractivity contribution < 1.29 is 9.47 Å². The molecule has 1 aromatic carbocycles. The fourth-order valence-electron chi connectivity index (χ4n) is 1.93. The predicted molar refractivity (Wildman–Crippen MR) is 73.9 cm³/mol. The first kappa shape index (κ1) is 13.5. The van der Waals surface area contributed by atoms with Crippen molar-refractivity contribution in [3.8, 4) is 11.5 Å². The molecular formula is C14H20ClNO2. The van der Waals surface area contributed by atoms with Gasteiger partial charge in [-0.3, -0.25) is 0 Å². The molecule has 0 fully saturated rings. The highest BCUT2D eigenvalue weighted by Crippen LogP contribution is 2.38. The number of hydrogen-bond donors (Lipinski definition) is 1. The van der Waals surface area contributed by atoms with Gasteiger partial charge in [0.2, 0.25) is 0 Å². The van der Waals surface area contributed by atoms with Gasteiger partial charge in [-0.25, -0.2) is 0 Å². The fraction of sp³-hybridized carbons (Fsp3) is 0.571. The molecule has 18 heavy (non-hydrogen) atoms. The van der Waals surface area contributed by atoms with E-state index in [0.29, 0.717) is 29.9 Å². The molecule has 0 unspecified atom stereocenters. The zero-order chi connectivity index (χ0) is 13.0. The molecule has 0 saturated heterocycles. The Labute approximate surface area is 113 Å². The van der Waals surface area contributed by atoms with Crippen LogP contribution in [-0.2, 0) is 6.42 Å². The molecule has 0 bridgehead atoms. The van der Waals surface area contributed by atoms with Crippen LogP contribution in [0.1, 0.15) is 19.4 Å². The van der Waals surface area contributed by atoms with Crippen LogP contribution >= 0.6 is 11.6 Å². The quantitative estimate of drug-likeness (QED) is 0.834. The van der Waals surface area contributed by atoms with Crippen molar-refractivity contribution in [1.29, 1.82) is 0 Å². The summed E-state index contributed by atoms with van der Waals surface area (Å²) < 4.78 is 11.1. The number of halogens is 1. The van der Waals surface area contributed by atoms with E-state index in [1.165, 1.54) is 5.56 Å². The van der Waals surface area contributed by atoms with Gasteiger partial charge in [0.05, 0.1) is 5.02 Å². The van der Waals surface area contributed by atoms with Gasteiger partial charge in [-0.2, -0.15) is 0 Å². The molecular weight excluding hydrogens is 250 g/mol. The molecule has 0 amide bonds. The maximum atomic E-state index is 6.19. The van der Waals surface area contributed by atoms with Crippen molar-refractivity contribution in [3.63, 3.8) is 0 Å². The Kier molecular flexibility index (Phi) is 4.72. The Hall–Kier alpha value is -0.930. The van der Waals surface area contributed by atoms with E-state index in [1.807, 2.05) is 12.1 Å². The number of fused-ring (bicyclic) bond motifs is 1. The zero-order valence-electron chi connectivity index (χ0n) is 11.0. The normalized spacial score (nSPS) is 14.0. The number of ether oxygens (including phenoxy) is 2. The average molecular weight is 270 g/mol. The lowest BCUT2D eigenvalue weighted by Crippen LogP contribution is -2.22. The Morgan fingerprint density at radius 2 is 2.06 bits per heavy atom. The highest BCUT2D eigenvalue weighted by atomic mass is 35.5. The second-order valence-electron chi connectivity index (χ2n) is 4.95. The van der Waals surface area contributed by atoms with Gasteiger partial charge < -0.3 is 14.8 Å². The number of rotatable bonds is 5. The first-order chi connectivity index (χ1) is 8.66. The van der Waals surface area contributed by atoms with Crippen molar-refractivity contribution in [2.24, 2.45) is 5.92 Å². The first-order valence-corrected chi connectivity index (χ1v) is 6.83. The third kappa shape index (κ3) is 3.53. The van der Waals surface area contributed by atoms with Crippen LogP contribution in [0.3, 0.4) is 0 Å². The van der Waals surface area contributed by atoms with E-state index in [9.17, 15) is 0 Å². The molecule has 3 nitrogen and oxygen atoms in total. The SMILES string of the molecule is CC(C)CNCCc1cc(Cl)c2c(c1)OCCO2. The van der Waals surface area contributed by atoms with Crippen molar-refractivity contribution in [1.82, 2.24) is 5.32 Å². The number of hydrogen-bond acceptors (Lipinski definition) is 3. The number of benzene rings is 1. The third-order valence-corrected chi connectivity index (χ3v) is 3.08. The molecule has 0 atom stereocenters. The van der Waals surface area contributed by atoms with Gasteiger partial charge in [0.15, 0.2) is 11.5 Å². The summed E-state index contributed by atoms with van der Waals surface area (Å²) in [5, 5.41) is 4.06. The summed E-state index contributed by atoms with van der Waals surface area (Å²) in [4.78, 5) is 0. The average Bonchev–Trinajstić information content (AvgIpc) is 2.35. The maximum absolute atomic E-state index is 6.19. The fourth-order valence-corrected chi connectivity index (χ4v) is 2.22. The lowest BCUT2D eigenvalue weighted by atomic mass is 10.1. The van der Waals surface area contributed by atoms with Crippen molar-refractivity contribution in [2.75, 3.05) is 26.3 Å². The van der Waals surface area contributed by atoms with Crippen LogP contribution in [0, 0.1) is 5.92 Å². The molecule has 0 aliphatic carbocycles. The lowest BCUT2D eigenvalue weighted by molar-refractivity contribution is 0.171. The van der Waals surface area contributed by atoms with Crippen LogP contribution in [0.5, 0.6) is 11.5 Å². The molecule has 0 aromatic heterocycles. The van der Waals surface area contributed by atoms with E-state index in [1.54, 1.807) is 0 Å². The van der Waals surface area contributed by atoms with Gasteiger partial charge >= 0.3 is 0 Å². The monoisotopic (exact) mass is 269 g/mol. The Morgan fingerprint density at radius 3 is 2.83 bits per heavy atom. The van der Waals surface area contributed by atoms with Crippen LogP contribution in [-0.4, -0.2) is 26.3 Å². The Bertz CT molecular complexity index is 407. The minimum Gasteiger partial charge on any atom is -0.486 e. The van der Waals surface area contributed by atoms with Crippen molar-refractivity contribution in [2.45, 2.75) is 20.3 Å². The molecule has 0 spiro atoms. The highest BCUT2D eigenvalue weighted by molar-refractivity contribution is 6.32. The van der Waals surface area contributed by atoms with Gasteiger partial charge in [0, 0.05) is 0 Å². The molecule has 0 saturated carbocycles. The molecule has 1 aliphatic heterocycles. The zero-order valence-corrected chi connectivity index (χ0v) is 11.7. The van der Waals surface area contributed by atoms with E-state index >= 15 is 0 Å². The third-order valence-electron chi connectivity index (χ3n) is 2.80. The summed E-state index contributed by atoms with van der Waals surface area (Å²) in [7, 11) is 0. The minimum atomic E-state index is 0.571. The maximum Gasteiger partial charge on any atom is 0.179 e. The molecule has 1 N–H and O–H groups in total. The molecule has 4 heteroatoms. The minimum absolute atomic E-state index is 0.571. The van der Waals surface area contributed by atoms with Gasteiger partial charge in [0.1, 0.15) is 13.2 Å². The van der Waals surface area contributed by atoms with Crippen LogP contribution < -0.4 is 14.8 Å². The lowest BCUT2D eigenvalue weighted by Gasteiger charge is -2.20. The number of nitrogens with one attached hydrogen (secondary N) is 1. The smallest absolute Gasteiger partial charge is 0.179 e. The Morgan fingerprint density at radius 1 is 1.28 bits per heavy atom. The molecule has 100 valence electrons.